The molecule has 0 aliphatic carbocycles. The molecule has 3 rings (SSSR count). The Labute approximate surface area is 155 Å². The second-order valence-corrected chi connectivity index (χ2v) is 5.90. The van der Waals surface area contributed by atoms with Crippen LogP contribution in [0.3, 0.4) is 0 Å². The summed E-state index contributed by atoms with van der Waals surface area (Å²) in [6.45, 7) is 5.43. The van der Waals surface area contributed by atoms with Gasteiger partial charge in [-0.05, 0) is 38.1 Å². The summed E-state index contributed by atoms with van der Waals surface area (Å²) in [5.74, 6) is 1.04. The van der Waals surface area contributed by atoms with Gasteiger partial charge in [0.2, 0.25) is 0 Å². The minimum atomic E-state index is -4.41. The van der Waals surface area contributed by atoms with Gasteiger partial charge in [-0.2, -0.15) is 13.2 Å². The summed E-state index contributed by atoms with van der Waals surface area (Å²) in [6.07, 6.45) is -2.78. The molecule has 0 radical (unpaired) electrons. The highest BCUT2D eigenvalue weighted by Crippen LogP contribution is 2.33. The van der Waals surface area contributed by atoms with Crippen LogP contribution in [0.5, 0.6) is 0 Å². The molecule has 3 aromatic rings. The lowest BCUT2D eigenvalue weighted by atomic mass is 10.1. The van der Waals surface area contributed by atoms with Crippen molar-refractivity contribution in [1.29, 1.82) is 0 Å². The van der Waals surface area contributed by atoms with Crippen molar-refractivity contribution in [2.24, 2.45) is 0 Å². The van der Waals surface area contributed by atoms with Gasteiger partial charge in [-0.3, -0.25) is 4.98 Å². The van der Waals surface area contributed by atoms with Crippen molar-refractivity contribution in [3.8, 4) is 22.8 Å². The van der Waals surface area contributed by atoms with Gasteiger partial charge in [-0.15, -0.1) is 0 Å². The molecule has 0 saturated carbocycles. The molecule has 0 bridgehead atoms. The van der Waals surface area contributed by atoms with E-state index < -0.39 is 11.7 Å². The average molecular weight is 372 g/mol. The fourth-order valence-corrected chi connectivity index (χ4v) is 2.76. The highest BCUT2D eigenvalue weighted by atomic mass is 19.4. The molecule has 27 heavy (non-hydrogen) atoms. The standard InChI is InChI=1S/C20H19F3N4/c1-3-27(4-2)18-13-17(14-8-7-9-15(12-14)20(21,22)23)25-19(26-18)16-10-5-6-11-24-16/h5-13H,3-4H2,1-2H3. The molecule has 2 heterocycles. The normalized spacial score (nSPS) is 11.4. The van der Waals surface area contributed by atoms with Gasteiger partial charge in [-0.1, -0.05) is 18.2 Å². The molecule has 7 heteroatoms. The molecule has 0 atom stereocenters. The number of pyridine rings is 1. The SMILES string of the molecule is CCN(CC)c1cc(-c2cccc(C(F)(F)F)c2)nc(-c2ccccn2)n1. The smallest absolute Gasteiger partial charge is 0.357 e. The van der Waals surface area contributed by atoms with E-state index in [1.54, 1.807) is 30.5 Å². The maximum Gasteiger partial charge on any atom is 0.416 e. The number of halogens is 3. The molecule has 0 N–H and O–H groups in total. The lowest BCUT2D eigenvalue weighted by Crippen LogP contribution is -2.23. The number of rotatable bonds is 5. The predicted octanol–water partition coefficient (Wildman–Crippen LogP) is 5.07. The molecular formula is C20H19F3N4. The fraction of sp³-hybridized carbons (Fsp3) is 0.250. The molecule has 4 nitrogen and oxygen atoms in total. The highest BCUT2D eigenvalue weighted by Gasteiger charge is 2.30. The van der Waals surface area contributed by atoms with Crippen molar-refractivity contribution in [1.82, 2.24) is 15.0 Å². The van der Waals surface area contributed by atoms with E-state index in [1.807, 2.05) is 24.8 Å². The first-order chi connectivity index (χ1) is 12.9. The number of benzene rings is 1. The largest absolute Gasteiger partial charge is 0.416 e. The van der Waals surface area contributed by atoms with Crippen LogP contribution >= 0.6 is 0 Å². The topological polar surface area (TPSA) is 41.9 Å². The predicted molar refractivity (Wildman–Crippen MR) is 99.3 cm³/mol. The summed E-state index contributed by atoms with van der Waals surface area (Å²) in [5, 5.41) is 0. The lowest BCUT2D eigenvalue weighted by Gasteiger charge is -2.21. The number of aromatic nitrogens is 3. The summed E-state index contributed by atoms with van der Waals surface area (Å²) in [5.41, 5.74) is 0.679. The Bertz CT molecular complexity index is 907. The van der Waals surface area contributed by atoms with Crippen molar-refractivity contribution >= 4 is 5.82 Å². The van der Waals surface area contributed by atoms with E-state index in [0.717, 1.165) is 25.2 Å². The maximum absolute atomic E-state index is 13.1. The van der Waals surface area contributed by atoms with Crippen molar-refractivity contribution in [2.75, 3.05) is 18.0 Å². The Kier molecular flexibility index (Phi) is 5.39. The highest BCUT2D eigenvalue weighted by molar-refractivity contribution is 5.67. The van der Waals surface area contributed by atoms with Gasteiger partial charge in [0.1, 0.15) is 11.5 Å². The first-order valence-corrected chi connectivity index (χ1v) is 8.65. The van der Waals surface area contributed by atoms with Gasteiger partial charge < -0.3 is 4.90 Å². The molecule has 2 aromatic heterocycles. The van der Waals surface area contributed by atoms with E-state index in [4.69, 9.17) is 0 Å². The zero-order chi connectivity index (χ0) is 19.4. The molecule has 0 spiro atoms. The number of nitrogens with zero attached hydrogens (tertiary/aromatic N) is 4. The summed E-state index contributed by atoms with van der Waals surface area (Å²) in [4.78, 5) is 15.3. The maximum atomic E-state index is 13.1. The molecule has 0 saturated heterocycles. The van der Waals surface area contributed by atoms with E-state index in [-0.39, 0.29) is 0 Å². The number of anilines is 1. The van der Waals surface area contributed by atoms with Crippen LogP contribution in [0.25, 0.3) is 22.8 Å². The second-order valence-electron chi connectivity index (χ2n) is 5.90. The third-order valence-corrected chi connectivity index (χ3v) is 4.18. The summed E-state index contributed by atoms with van der Waals surface area (Å²) >= 11 is 0. The van der Waals surface area contributed by atoms with E-state index in [1.165, 1.54) is 6.07 Å². The zero-order valence-corrected chi connectivity index (χ0v) is 15.0. The van der Waals surface area contributed by atoms with E-state index in [2.05, 4.69) is 15.0 Å². The molecule has 0 aliphatic heterocycles. The Hall–Kier alpha value is -2.96. The van der Waals surface area contributed by atoms with Crippen LogP contribution in [-0.2, 0) is 6.18 Å². The van der Waals surface area contributed by atoms with E-state index in [9.17, 15) is 13.2 Å². The Morgan fingerprint density at radius 3 is 2.30 bits per heavy atom. The quantitative estimate of drug-likeness (QED) is 0.627. The molecule has 1 aromatic carbocycles. The van der Waals surface area contributed by atoms with E-state index in [0.29, 0.717) is 28.6 Å². The second kappa shape index (κ2) is 7.73. The van der Waals surface area contributed by atoms with Crippen LogP contribution in [-0.4, -0.2) is 28.0 Å². The van der Waals surface area contributed by atoms with Gasteiger partial charge in [0, 0.05) is 30.9 Å². The molecule has 0 fully saturated rings. The Balaban J connectivity index is 2.16. The molecule has 140 valence electrons. The van der Waals surface area contributed by atoms with Crippen LogP contribution in [0.2, 0.25) is 0 Å². The van der Waals surface area contributed by atoms with Crippen LogP contribution in [0.4, 0.5) is 19.0 Å². The first-order valence-electron chi connectivity index (χ1n) is 8.65. The minimum Gasteiger partial charge on any atom is -0.357 e. The van der Waals surface area contributed by atoms with Crippen LogP contribution in [0.15, 0.2) is 54.7 Å². The van der Waals surface area contributed by atoms with E-state index >= 15 is 0 Å². The molecule has 0 amide bonds. The molecule has 0 unspecified atom stereocenters. The van der Waals surface area contributed by atoms with Crippen molar-refractivity contribution in [3.63, 3.8) is 0 Å². The first kappa shape index (κ1) is 18.8. The van der Waals surface area contributed by atoms with Crippen molar-refractivity contribution < 1.29 is 13.2 Å². The van der Waals surface area contributed by atoms with Crippen molar-refractivity contribution in [2.45, 2.75) is 20.0 Å². The van der Waals surface area contributed by atoms with Crippen LogP contribution in [0.1, 0.15) is 19.4 Å². The van der Waals surface area contributed by atoms with Crippen LogP contribution < -0.4 is 4.90 Å². The number of hydrogen-bond acceptors (Lipinski definition) is 4. The van der Waals surface area contributed by atoms with Gasteiger partial charge >= 0.3 is 6.18 Å². The molecular weight excluding hydrogens is 353 g/mol. The zero-order valence-electron chi connectivity index (χ0n) is 15.0. The summed E-state index contributed by atoms with van der Waals surface area (Å²) in [7, 11) is 0. The third-order valence-electron chi connectivity index (χ3n) is 4.18. The van der Waals surface area contributed by atoms with Crippen LogP contribution in [0, 0.1) is 0 Å². The Morgan fingerprint density at radius 1 is 0.889 bits per heavy atom. The summed E-state index contributed by atoms with van der Waals surface area (Å²) < 4.78 is 39.3. The lowest BCUT2D eigenvalue weighted by molar-refractivity contribution is -0.137. The minimum absolute atomic E-state index is 0.382. The van der Waals surface area contributed by atoms with Gasteiger partial charge in [-0.25, -0.2) is 9.97 Å². The average Bonchev–Trinajstić information content (AvgIpc) is 2.69. The monoisotopic (exact) mass is 372 g/mol. The number of hydrogen-bond donors (Lipinski definition) is 0. The Morgan fingerprint density at radius 2 is 1.67 bits per heavy atom. The summed E-state index contributed by atoms with van der Waals surface area (Å²) in [6, 6.07) is 12.3. The fourth-order valence-electron chi connectivity index (χ4n) is 2.76. The third kappa shape index (κ3) is 4.24. The number of alkyl halides is 3. The van der Waals surface area contributed by atoms with Gasteiger partial charge in [0.05, 0.1) is 11.3 Å². The molecule has 0 aliphatic rings. The van der Waals surface area contributed by atoms with Gasteiger partial charge in [0.25, 0.3) is 0 Å². The van der Waals surface area contributed by atoms with Crippen molar-refractivity contribution in [3.05, 3.63) is 60.3 Å². The van der Waals surface area contributed by atoms with Gasteiger partial charge in [0.15, 0.2) is 5.82 Å².